The first-order valence-electron chi connectivity index (χ1n) is 6.03. The lowest BCUT2D eigenvalue weighted by molar-refractivity contribution is 0.0927. The number of nitrogens with one attached hydrogen (secondary N) is 2. The zero-order valence-corrected chi connectivity index (χ0v) is 10.8. The van der Waals surface area contributed by atoms with Crippen LogP contribution in [-0.4, -0.2) is 22.6 Å². The largest absolute Gasteiger partial charge is 0.451 e. The summed E-state index contributed by atoms with van der Waals surface area (Å²) in [6.07, 6.45) is 0.902. The van der Waals surface area contributed by atoms with Gasteiger partial charge >= 0.3 is 0 Å². The van der Waals surface area contributed by atoms with Crippen molar-refractivity contribution in [2.45, 2.75) is 27.2 Å². The van der Waals surface area contributed by atoms with Gasteiger partial charge in [0, 0.05) is 12.2 Å². The molecular formula is C13H17N3O2. The standard InChI is InChI=1S/C13H17N3O2/c1-4-7-14-13(17)11-6-5-10(18-11)12-8(2)15-16-9(12)3/h5-6H,4,7H2,1-3H3,(H,14,17)(H,15,16). The highest BCUT2D eigenvalue weighted by molar-refractivity contribution is 5.92. The Hall–Kier alpha value is -2.04. The van der Waals surface area contributed by atoms with Gasteiger partial charge in [0.2, 0.25) is 0 Å². The lowest BCUT2D eigenvalue weighted by Gasteiger charge is -2.00. The monoisotopic (exact) mass is 247 g/mol. The number of carbonyl (C=O) groups excluding carboxylic acids is 1. The van der Waals surface area contributed by atoms with Gasteiger partial charge in [-0.15, -0.1) is 0 Å². The number of furan rings is 1. The number of carbonyl (C=O) groups is 1. The van der Waals surface area contributed by atoms with Crippen LogP contribution >= 0.6 is 0 Å². The number of hydrogen-bond donors (Lipinski definition) is 2. The third-order valence-corrected chi connectivity index (χ3v) is 2.74. The molecule has 2 aromatic rings. The van der Waals surface area contributed by atoms with Gasteiger partial charge in [0.1, 0.15) is 5.76 Å². The maximum Gasteiger partial charge on any atom is 0.287 e. The van der Waals surface area contributed by atoms with E-state index in [1.54, 1.807) is 12.1 Å². The Bertz CT molecular complexity index is 535. The van der Waals surface area contributed by atoms with Crippen LogP contribution in [0.4, 0.5) is 0 Å². The number of hydrogen-bond acceptors (Lipinski definition) is 3. The average molecular weight is 247 g/mol. The number of aryl methyl sites for hydroxylation is 2. The molecule has 0 saturated carbocycles. The second-order valence-corrected chi connectivity index (χ2v) is 4.23. The van der Waals surface area contributed by atoms with Crippen LogP contribution in [0.15, 0.2) is 16.5 Å². The van der Waals surface area contributed by atoms with E-state index in [1.807, 2.05) is 20.8 Å². The van der Waals surface area contributed by atoms with Crippen LogP contribution in [0.25, 0.3) is 11.3 Å². The highest BCUT2D eigenvalue weighted by Gasteiger charge is 2.16. The van der Waals surface area contributed by atoms with Crippen molar-refractivity contribution < 1.29 is 9.21 Å². The SMILES string of the molecule is CCCNC(=O)c1ccc(-c2c(C)n[nH]c2C)o1. The topological polar surface area (TPSA) is 70.9 Å². The van der Waals surface area contributed by atoms with E-state index in [2.05, 4.69) is 15.5 Å². The third-order valence-electron chi connectivity index (χ3n) is 2.74. The van der Waals surface area contributed by atoms with E-state index in [1.165, 1.54) is 0 Å². The molecule has 5 heteroatoms. The number of nitrogens with zero attached hydrogens (tertiary/aromatic N) is 1. The van der Waals surface area contributed by atoms with E-state index >= 15 is 0 Å². The molecule has 2 N–H and O–H groups in total. The number of rotatable bonds is 4. The van der Waals surface area contributed by atoms with Gasteiger partial charge in [-0.2, -0.15) is 5.10 Å². The van der Waals surface area contributed by atoms with Gasteiger partial charge in [0.05, 0.1) is 11.3 Å². The Morgan fingerprint density at radius 3 is 2.83 bits per heavy atom. The lowest BCUT2D eigenvalue weighted by Crippen LogP contribution is -2.23. The van der Waals surface area contributed by atoms with Crippen LogP contribution in [0.1, 0.15) is 35.3 Å². The van der Waals surface area contributed by atoms with Crippen molar-refractivity contribution in [2.24, 2.45) is 0 Å². The Kier molecular flexibility index (Phi) is 3.50. The molecule has 5 nitrogen and oxygen atoms in total. The second-order valence-electron chi connectivity index (χ2n) is 4.23. The van der Waals surface area contributed by atoms with Gasteiger partial charge in [-0.3, -0.25) is 9.89 Å². The normalized spacial score (nSPS) is 10.6. The van der Waals surface area contributed by atoms with Crippen LogP contribution in [0.3, 0.4) is 0 Å². The molecule has 2 aromatic heterocycles. The zero-order valence-electron chi connectivity index (χ0n) is 10.8. The first kappa shape index (κ1) is 12.4. The summed E-state index contributed by atoms with van der Waals surface area (Å²) in [6, 6.07) is 3.48. The Labute approximate surface area is 106 Å². The van der Waals surface area contributed by atoms with E-state index in [0.717, 1.165) is 23.4 Å². The second kappa shape index (κ2) is 5.08. The summed E-state index contributed by atoms with van der Waals surface area (Å²) in [7, 11) is 0. The third kappa shape index (κ3) is 2.30. The van der Waals surface area contributed by atoms with E-state index in [-0.39, 0.29) is 5.91 Å². The molecule has 18 heavy (non-hydrogen) atoms. The van der Waals surface area contributed by atoms with Crippen molar-refractivity contribution in [3.05, 3.63) is 29.3 Å². The van der Waals surface area contributed by atoms with Crippen molar-refractivity contribution in [3.63, 3.8) is 0 Å². The summed E-state index contributed by atoms with van der Waals surface area (Å²) in [5.74, 6) is 0.820. The minimum atomic E-state index is -0.179. The van der Waals surface area contributed by atoms with Crippen molar-refractivity contribution >= 4 is 5.91 Å². The predicted molar refractivity (Wildman–Crippen MR) is 68.4 cm³/mol. The minimum Gasteiger partial charge on any atom is -0.451 e. The molecule has 0 spiro atoms. The predicted octanol–water partition coefficient (Wildman–Crippen LogP) is 2.43. The molecular weight excluding hydrogens is 230 g/mol. The van der Waals surface area contributed by atoms with Crippen LogP contribution in [-0.2, 0) is 0 Å². The van der Waals surface area contributed by atoms with Gasteiger partial charge < -0.3 is 9.73 Å². The maximum atomic E-state index is 11.7. The Balaban J connectivity index is 2.23. The minimum absolute atomic E-state index is 0.179. The molecule has 0 radical (unpaired) electrons. The zero-order chi connectivity index (χ0) is 13.1. The maximum absolute atomic E-state index is 11.7. The molecule has 96 valence electrons. The molecule has 0 aliphatic heterocycles. The molecule has 1 amide bonds. The summed E-state index contributed by atoms with van der Waals surface area (Å²) in [5.41, 5.74) is 2.72. The lowest BCUT2D eigenvalue weighted by atomic mass is 10.1. The first-order chi connectivity index (χ1) is 8.63. The smallest absolute Gasteiger partial charge is 0.287 e. The Morgan fingerprint density at radius 2 is 2.22 bits per heavy atom. The number of amides is 1. The summed E-state index contributed by atoms with van der Waals surface area (Å²) in [5, 5.41) is 9.79. The van der Waals surface area contributed by atoms with Gasteiger partial charge in [-0.1, -0.05) is 6.92 Å². The number of aromatic amines is 1. The van der Waals surface area contributed by atoms with Crippen molar-refractivity contribution in [2.75, 3.05) is 6.54 Å². The molecule has 2 rings (SSSR count). The molecule has 0 aliphatic rings. The molecule has 0 aliphatic carbocycles. The van der Waals surface area contributed by atoms with Crippen LogP contribution in [0.2, 0.25) is 0 Å². The summed E-state index contributed by atoms with van der Waals surface area (Å²) < 4.78 is 5.58. The number of aromatic nitrogens is 2. The highest BCUT2D eigenvalue weighted by Crippen LogP contribution is 2.27. The van der Waals surface area contributed by atoms with E-state index in [0.29, 0.717) is 18.1 Å². The average Bonchev–Trinajstić information content (AvgIpc) is 2.93. The summed E-state index contributed by atoms with van der Waals surface area (Å²) in [4.78, 5) is 11.7. The van der Waals surface area contributed by atoms with Gasteiger partial charge in [0.15, 0.2) is 5.76 Å². The fraction of sp³-hybridized carbons (Fsp3) is 0.385. The summed E-state index contributed by atoms with van der Waals surface area (Å²) in [6.45, 7) is 6.48. The van der Waals surface area contributed by atoms with Crippen molar-refractivity contribution in [3.8, 4) is 11.3 Å². The number of H-pyrrole nitrogens is 1. The molecule has 0 atom stereocenters. The highest BCUT2D eigenvalue weighted by atomic mass is 16.3. The van der Waals surface area contributed by atoms with Crippen LogP contribution in [0.5, 0.6) is 0 Å². The Morgan fingerprint density at radius 1 is 1.44 bits per heavy atom. The van der Waals surface area contributed by atoms with Gasteiger partial charge in [-0.25, -0.2) is 0 Å². The quantitative estimate of drug-likeness (QED) is 0.871. The molecule has 2 heterocycles. The first-order valence-corrected chi connectivity index (χ1v) is 6.03. The van der Waals surface area contributed by atoms with E-state index in [4.69, 9.17) is 4.42 Å². The fourth-order valence-corrected chi connectivity index (χ4v) is 1.83. The van der Waals surface area contributed by atoms with E-state index < -0.39 is 0 Å². The molecule has 0 aromatic carbocycles. The molecule has 0 fully saturated rings. The van der Waals surface area contributed by atoms with Crippen LogP contribution in [0, 0.1) is 13.8 Å². The fourth-order valence-electron chi connectivity index (χ4n) is 1.83. The van der Waals surface area contributed by atoms with Gasteiger partial charge in [-0.05, 0) is 32.4 Å². The van der Waals surface area contributed by atoms with E-state index in [9.17, 15) is 4.79 Å². The van der Waals surface area contributed by atoms with Crippen LogP contribution < -0.4 is 5.32 Å². The van der Waals surface area contributed by atoms with Crippen molar-refractivity contribution in [1.82, 2.24) is 15.5 Å². The van der Waals surface area contributed by atoms with Crippen molar-refractivity contribution in [1.29, 1.82) is 0 Å². The van der Waals surface area contributed by atoms with Gasteiger partial charge in [0.25, 0.3) is 5.91 Å². The molecule has 0 bridgehead atoms. The molecule has 0 unspecified atom stereocenters. The molecule has 0 saturated heterocycles. The summed E-state index contributed by atoms with van der Waals surface area (Å²) >= 11 is 0.